The van der Waals surface area contributed by atoms with Gasteiger partial charge in [-0.3, -0.25) is 0 Å². The molecule has 0 bridgehead atoms. The lowest BCUT2D eigenvalue weighted by atomic mass is 9.97. The molecule has 0 fully saturated rings. The Morgan fingerprint density at radius 1 is 0.868 bits per heavy atom. The first-order valence-corrected chi connectivity index (χ1v) is 12.4. The van der Waals surface area contributed by atoms with Gasteiger partial charge < -0.3 is 20.2 Å². The number of aromatic amines is 1. The number of H-pyrrole nitrogens is 1. The summed E-state index contributed by atoms with van der Waals surface area (Å²) in [6.45, 7) is 10.5. The predicted molar refractivity (Wildman–Crippen MR) is 150 cm³/mol. The van der Waals surface area contributed by atoms with Crippen LogP contribution in [0.2, 0.25) is 0 Å². The molecule has 6 nitrogen and oxygen atoms in total. The summed E-state index contributed by atoms with van der Waals surface area (Å²) in [5.41, 5.74) is 13.6. The number of nitrogens with two attached hydrogens (primary N) is 1. The van der Waals surface area contributed by atoms with Crippen LogP contribution in [0, 0.1) is 13.5 Å². The maximum absolute atomic E-state index is 7.27. The molecule has 5 aromatic rings. The fraction of sp³-hybridized carbons (Fsp3) is 0.125. The molecule has 0 saturated carbocycles. The van der Waals surface area contributed by atoms with Gasteiger partial charge in [0.2, 0.25) is 0 Å². The molecule has 0 atom stereocenters. The Balaban J connectivity index is 1.40. The van der Waals surface area contributed by atoms with Crippen molar-refractivity contribution in [3.8, 4) is 34.0 Å². The number of aromatic nitrogens is 2. The lowest BCUT2D eigenvalue weighted by Gasteiger charge is -2.15. The van der Waals surface area contributed by atoms with Gasteiger partial charge in [0.25, 0.3) is 0 Å². The molecule has 0 spiro atoms. The van der Waals surface area contributed by atoms with Crippen LogP contribution in [-0.4, -0.2) is 9.97 Å². The highest BCUT2D eigenvalue weighted by Crippen LogP contribution is 2.34. The Bertz CT molecular complexity index is 1590. The molecule has 3 N–H and O–H groups in total. The van der Waals surface area contributed by atoms with Crippen LogP contribution in [-0.2, 0) is 19.8 Å². The zero-order valence-corrected chi connectivity index (χ0v) is 21.1. The number of hydrogen-bond donors (Lipinski definition) is 2. The maximum atomic E-state index is 7.27. The highest BCUT2D eigenvalue weighted by atomic mass is 16.5. The molecule has 0 aliphatic carbocycles. The van der Waals surface area contributed by atoms with Crippen molar-refractivity contribution >= 4 is 5.69 Å². The molecule has 0 radical (unpaired) electrons. The third-order valence-corrected chi connectivity index (χ3v) is 6.42. The largest absolute Gasteiger partial charge is 0.489 e. The van der Waals surface area contributed by atoms with Crippen molar-refractivity contribution in [2.24, 2.45) is 5.73 Å². The molecular weight excluding hydrogens is 472 g/mol. The van der Waals surface area contributed by atoms with E-state index in [2.05, 4.69) is 64.2 Å². The van der Waals surface area contributed by atoms with Crippen molar-refractivity contribution in [1.29, 1.82) is 0 Å². The van der Waals surface area contributed by atoms with Gasteiger partial charge in [-0.15, -0.1) is 0 Å². The topological polar surface area (TPSA) is 77.5 Å². The smallest absolute Gasteiger partial charge is 0.187 e. The Morgan fingerprint density at radius 3 is 2.50 bits per heavy atom. The SMILES string of the molecule is [C-]#[N+]c1cccc(COc2cc(OCc3cccc(-c4ccccc4)c3C)ccc2-c2ncc(CN)[nH]2)c1. The minimum atomic E-state index is 0.308. The molecule has 4 aromatic carbocycles. The number of imidazole rings is 1. The summed E-state index contributed by atoms with van der Waals surface area (Å²) in [5.74, 6) is 1.99. The molecule has 0 aliphatic rings. The Labute approximate surface area is 222 Å². The van der Waals surface area contributed by atoms with Crippen LogP contribution in [0.1, 0.15) is 22.4 Å². The molecule has 1 aromatic heterocycles. The summed E-state index contributed by atoms with van der Waals surface area (Å²) in [6.07, 6.45) is 1.73. The minimum absolute atomic E-state index is 0.308. The quantitative estimate of drug-likeness (QED) is 0.210. The number of nitrogens with zero attached hydrogens (tertiary/aromatic N) is 2. The molecule has 38 heavy (non-hydrogen) atoms. The first-order chi connectivity index (χ1) is 18.6. The summed E-state index contributed by atoms with van der Waals surface area (Å²) in [4.78, 5) is 11.2. The van der Waals surface area contributed by atoms with Crippen LogP contribution in [0.4, 0.5) is 5.69 Å². The first-order valence-electron chi connectivity index (χ1n) is 12.4. The zero-order valence-electron chi connectivity index (χ0n) is 21.1. The van der Waals surface area contributed by atoms with Gasteiger partial charge in [-0.25, -0.2) is 9.83 Å². The Morgan fingerprint density at radius 2 is 1.71 bits per heavy atom. The van der Waals surface area contributed by atoms with Gasteiger partial charge in [-0.1, -0.05) is 66.7 Å². The van der Waals surface area contributed by atoms with Gasteiger partial charge in [0.1, 0.15) is 30.5 Å². The zero-order chi connectivity index (χ0) is 26.3. The van der Waals surface area contributed by atoms with Crippen molar-refractivity contribution in [2.75, 3.05) is 0 Å². The maximum Gasteiger partial charge on any atom is 0.187 e. The van der Waals surface area contributed by atoms with E-state index in [4.69, 9.17) is 21.8 Å². The van der Waals surface area contributed by atoms with E-state index in [0.717, 1.165) is 22.4 Å². The molecule has 0 aliphatic heterocycles. The van der Waals surface area contributed by atoms with Crippen molar-refractivity contribution in [3.05, 3.63) is 131 Å². The first kappa shape index (κ1) is 24.8. The van der Waals surface area contributed by atoms with Crippen LogP contribution in [0.15, 0.2) is 97.2 Å². The van der Waals surface area contributed by atoms with E-state index >= 15 is 0 Å². The normalized spacial score (nSPS) is 10.7. The molecule has 6 heteroatoms. The van der Waals surface area contributed by atoms with E-state index in [0.29, 0.717) is 42.8 Å². The van der Waals surface area contributed by atoms with Gasteiger partial charge in [0.15, 0.2) is 5.69 Å². The average Bonchev–Trinajstić information content (AvgIpc) is 3.45. The minimum Gasteiger partial charge on any atom is -0.489 e. The summed E-state index contributed by atoms with van der Waals surface area (Å²) >= 11 is 0. The van der Waals surface area contributed by atoms with Crippen LogP contribution in [0.25, 0.3) is 27.4 Å². The Kier molecular flexibility index (Phi) is 7.49. The third-order valence-electron chi connectivity index (χ3n) is 6.42. The highest BCUT2D eigenvalue weighted by molar-refractivity contribution is 5.68. The van der Waals surface area contributed by atoms with Crippen molar-refractivity contribution in [2.45, 2.75) is 26.7 Å². The molecule has 0 saturated heterocycles. The second-order valence-electron chi connectivity index (χ2n) is 8.93. The molecule has 5 rings (SSSR count). The fourth-order valence-electron chi connectivity index (χ4n) is 4.32. The summed E-state index contributed by atoms with van der Waals surface area (Å²) in [7, 11) is 0. The standard InChI is InChI=1S/C32H28N4O2/c1-22-25(11-7-13-29(22)24-9-4-3-5-10-24)21-37-28-14-15-30(32-35-19-27(18-33)36-32)31(17-28)38-20-23-8-6-12-26(16-23)34-2/h3-17,19H,18,20-21,33H2,1H3,(H,35,36). The molecule has 1 heterocycles. The molecule has 0 unspecified atom stereocenters. The fourth-order valence-corrected chi connectivity index (χ4v) is 4.32. The van der Waals surface area contributed by atoms with E-state index in [1.807, 2.05) is 42.5 Å². The number of nitrogens with one attached hydrogen (secondary N) is 1. The lowest BCUT2D eigenvalue weighted by molar-refractivity contribution is 0.290. The predicted octanol–water partition coefficient (Wildman–Crippen LogP) is 7.22. The average molecular weight is 501 g/mol. The van der Waals surface area contributed by atoms with E-state index in [1.165, 1.54) is 16.7 Å². The number of rotatable bonds is 9. The van der Waals surface area contributed by atoms with E-state index in [9.17, 15) is 0 Å². The van der Waals surface area contributed by atoms with E-state index < -0.39 is 0 Å². The summed E-state index contributed by atoms with van der Waals surface area (Å²) in [6, 6.07) is 29.8. The van der Waals surface area contributed by atoms with Crippen LogP contribution in [0.3, 0.4) is 0 Å². The second-order valence-corrected chi connectivity index (χ2v) is 8.93. The van der Waals surface area contributed by atoms with Gasteiger partial charge in [-0.2, -0.15) is 0 Å². The number of ether oxygens (including phenoxy) is 2. The highest BCUT2D eigenvalue weighted by Gasteiger charge is 2.13. The molecule has 0 amide bonds. The van der Waals surface area contributed by atoms with Crippen LogP contribution < -0.4 is 15.2 Å². The number of benzene rings is 4. The van der Waals surface area contributed by atoms with Gasteiger partial charge in [0, 0.05) is 24.5 Å². The third kappa shape index (κ3) is 5.59. The van der Waals surface area contributed by atoms with Gasteiger partial charge >= 0.3 is 0 Å². The second kappa shape index (κ2) is 11.5. The lowest BCUT2D eigenvalue weighted by Crippen LogP contribution is -2.01. The molecular formula is C32H28N4O2. The summed E-state index contributed by atoms with van der Waals surface area (Å²) in [5, 5.41) is 0. The van der Waals surface area contributed by atoms with Crippen LogP contribution in [0.5, 0.6) is 11.5 Å². The van der Waals surface area contributed by atoms with Crippen molar-refractivity contribution in [3.63, 3.8) is 0 Å². The van der Waals surface area contributed by atoms with E-state index in [1.54, 1.807) is 12.3 Å². The Hall–Kier alpha value is -4.86. The van der Waals surface area contributed by atoms with Crippen LogP contribution >= 0.6 is 0 Å². The van der Waals surface area contributed by atoms with E-state index in [-0.39, 0.29) is 0 Å². The summed E-state index contributed by atoms with van der Waals surface area (Å²) < 4.78 is 12.5. The molecule has 188 valence electrons. The van der Waals surface area contributed by atoms with Crippen molar-refractivity contribution < 1.29 is 9.47 Å². The number of hydrogen-bond acceptors (Lipinski definition) is 4. The van der Waals surface area contributed by atoms with Gasteiger partial charge in [-0.05, 0) is 52.9 Å². The van der Waals surface area contributed by atoms with Crippen molar-refractivity contribution in [1.82, 2.24) is 9.97 Å². The monoisotopic (exact) mass is 500 g/mol. The van der Waals surface area contributed by atoms with Gasteiger partial charge in [0.05, 0.1) is 12.1 Å².